The van der Waals surface area contributed by atoms with Crippen LogP contribution in [0, 0.1) is 37.5 Å². The molecule has 0 N–H and O–H groups in total. The number of aryl methyl sites for hydroxylation is 2. The summed E-state index contributed by atoms with van der Waals surface area (Å²) in [5.74, 6) is 0.678. The summed E-state index contributed by atoms with van der Waals surface area (Å²) in [5, 5.41) is 0. The molecule has 2 fully saturated rings. The first kappa shape index (κ1) is 20.0. The van der Waals surface area contributed by atoms with Crippen molar-refractivity contribution < 1.29 is 19.1 Å². The predicted octanol–water partition coefficient (Wildman–Crippen LogP) is 5.29. The smallest absolute Gasteiger partial charge is 0.338 e. The first-order chi connectivity index (χ1) is 15.0. The third-order valence-electron chi connectivity index (χ3n) is 7.27. The van der Waals surface area contributed by atoms with Gasteiger partial charge < -0.3 is 9.47 Å². The Morgan fingerprint density at radius 3 is 1.97 bits per heavy atom. The quantitative estimate of drug-likeness (QED) is 0.502. The molecule has 3 aliphatic carbocycles. The Hall–Kier alpha value is -2.88. The summed E-state index contributed by atoms with van der Waals surface area (Å²) < 4.78 is 12.1. The molecule has 31 heavy (non-hydrogen) atoms. The van der Waals surface area contributed by atoms with Gasteiger partial charge in [0.2, 0.25) is 0 Å². The maximum absolute atomic E-state index is 13.0. The molecule has 3 aliphatic rings. The van der Waals surface area contributed by atoms with Crippen LogP contribution in [0.5, 0.6) is 0 Å². The average molecular weight is 417 g/mol. The predicted molar refractivity (Wildman–Crippen MR) is 118 cm³/mol. The number of esters is 2. The SMILES string of the molecule is Cc1cccc(C(=O)OC2C3CC(C4CCC=CC43)C2OC(=O)c2cccc(C)c2)c1. The number of ether oxygens (including phenoxy) is 2. The van der Waals surface area contributed by atoms with Crippen LogP contribution >= 0.6 is 0 Å². The molecule has 0 spiro atoms. The highest BCUT2D eigenvalue weighted by Gasteiger charge is 2.60. The second kappa shape index (κ2) is 7.99. The van der Waals surface area contributed by atoms with Gasteiger partial charge in [-0.15, -0.1) is 0 Å². The molecule has 0 saturated heterocycles. The number of carbonyl (C=O) groups excluding carboxylic acids is 2. The van der Waals surface area contributed by atoms with Crippen molar-refractivity contribution in [3.8, 4) is 0 Å². The van der Waals surface area contributed by atoms with Crippen molar-refractivity contribution in [1.82, 2.24) is 0 Å². The molecule has 0 amide bonds. The molecule has 4 heteroatoms. The third-order valence-corrected chi connectivity index (χ3v) is 7.27. The molecule has 5 rings (SSSR count). The van der Waals surface area contributed by atoms with E-state index in [2.05, 4.69) is 12.2 Å². The Bertz CT molecular complexity index is 1040. The van der Waals surface area contributed by atoms with Crippen molar-refractivity contribution in [2.24, 2.45) is 23.7 Å². The lowest BCUT2D eigenvalue weighted by atomic mass is 9.72. The monoisotopic (exact) mass is 416 g/mol. The van der Waals surface area contributed by atoms with Gasteiger partial charge in [0, 0.05) is 11.8 Å². The lowest BCUT2D eigenvalue weighted by molar-refractivity contribution is -0.0771. The summed E-state index contributed by atoms with van der Waals surface area (Å²) in [6.07, 6.45) is 6.86. The second-order valence-electron chi connectivity index (χ2n) is 9.29. The van der Waals surface area contributed by atoms with E-state index in [1.165, 1.54) is 0 Å². The van der Waals surface area contributed by atoms with E-state index in [4.69, 9.17) is 9.47 Å². The zero-order chi connectivity index (χ0) is 21.5. The molecule has 2 bridgehead atoms. The zero-order valence-electron chi connectivity index (χ0n) is 18.0. The minimum absolute atomic E-state index is 0.204. The fraction of sp³-hybridized carbons (Fsp3) is 0.407. The molecule has 6 unspecified atom stereocenters. The largest absolute Gasteiger partial charge is 0.455 e. The van der Waals surface area contributed by atoms with Crippen molar-refractivity contribution in [2.45, 2.75) is 45.3 Å². The van der Waals surface area contributed by atoms with Crippen LogP contribution in [-0.4, -0.2) is 24.1 Å². The maximum atomic E-state index is 13.0. The molecule has 160 valence electrons. The van der Waals surface area contributed by atoms with Gasteiger partial charge in [0.15, 0.2) is 0 Å². The van der Waals surface area contributed by atoms with Gasteiger partial charge in [0.1, 0.15) is 12.2 Å². The Kier molecular flexibility index (Phi) is 5.17. The Labute approximate surface area is 183 Å². The summed E-state index contributed by atoms with van der Waals surface area (Å²) in [5.41, 5.74) is 3.12. The number of rotatable bonds is 4. The molecule has 0 heterocycles. The highest BCUT2D eigenvalue weighted by Crippen LogP contribution is 2.57. The van der Waals surface area contributed by atoms with E-state index in [1.54, 1.807) is 12.1 Å². The van der Waals surface area contributed by atoms with E-state index in [9.17, 15) is 9.59 Å². The number of benzene rings is 2. The van der Waals surface area contributed by atoms with Crippen LogP contribution in [0.25, 0.3) is 0 Å². The van der Waals surface area contributed by atoms with E-state index in [1.807, 2.05) is 50.2 Å². The highest BCUT2D eigenvalue weighted by atomic mass is 16.6. The van der Waals surface area contributed by atoms with Gasteiger partial charge in [0.25, 0.3) is 0 Å². The average Bonchev–Trinajstić information content (AvgIpc) is 3.31. The number of hydrogen-bond donors (Lipinski definition) is 0. The topological polar surface area (TPSA) is 52.6 Å². The number of carbonyl (C=O) groups is 2. The summed E-state index contributed by atoms with van der Waals surface area (Å²) >= 11 is 0. The van der Waals surface area contributed by atoms with Crippen molar-refractivity contribution in [1.29, 1.82) is 0 Å². The van der Waals surface area contributed by atoms with Crippen molar-refractivity contribution in [2.75, 3.05) is 0 Å². The summed E-state index contributed by atoms with van der Waals surface area (Å²) in [4.78, 5) is 25.9. The van der Waals surface area contributed by atoms with Gasteiger partial charge in [-0.3, -0.25) is 0 Å². The van der Waals surface area contributed by atoms with Crippen LogP contribution in [-0.2, 0) is 9.47 Å². The Morgan fingerprint density at radius 2 is 1.39 bits per heavy atom. The fourth-order valence-electron chi connectivity index (χ4n) is 5.94. The van der Waals surface area contributed by atoms with Crippen LogP contribution in [0.15, 0.2) is 60.7 Å². The first-order valence-electron chi connectivity index (χ1n) is 11.2. The van der Waals surface area contributed by atoms with Gasteiger partial charge in [-0.05, 0) is 69.2 Å². The first-order valence-corrected chi connectivity index (χ1v) is 11.2. The molecule has 2 aromatic carbocycles. The molecule has 0 aromatic heterocycles. The number of fused-ring (bicyclic) bond motifs is 5. The van der Waals surface area contributed by atoms with Gasteiger partial charge in [-0.25, -0.2) is 9.59 Å². The standard InChI is InChI=1S/C27H28O4/c1-16-7-5-9-18(13-16)26(28)30-24-22-15-23(21-12-4-3-11-20(21)22)25(24)31-27(29)19-10-6-8-17(2)14-19/h3,5-11,13-14,20-25H,4,12,15H2,1-2H3. The lowest BCUT2D eigenvalue weighted by Crippen LogP contribution is -2.46. The molecule has 4 nitrogen and oxygen atoms in total. The van der Waals surface area contributed by atoms with E-state index in [0.717, 1.165) is 30.4 Å². The number of allylic oxidation sites excluding steroid dienone is 2. The van der Waals surface area contributed by atoms with E-state index >= 15 is 0 Å². The van der Waals surface area contributed by atoms with Crippen LogP contribution in [0.2, 0.25) is 0 Å². The zero-order valence-corrected chi connectivity index (χ0v) is 18.0. The minimum Gasteiger partial charge on any atom is -0.455 e. The minimum atomic E-state index is -0.407. The molecule has 2 saturated carbocycles. The highest BCUT2D eigenvalue weighted by molar-refractivity contribution is 5.90. The molecule has 2 aromatic rings. The summed E-state index contributed by atoms with van der Waals surface area (Å²) in [7, 11) is 0. The third kappa shape index (κ3) is 3.69. The Balaban J connectivity index is 1.41. The van der Waals surface area contributed by atoms with E-state index in [0.29, 0.717) is 23.0 Å². The van der Waals surface area contributed by atoms with E-state index < -0.39 is 6.10 Å². The van der Waals surface area contributed by atoms with Gasteiger partial charge in [-0.2, -0.15) is 0 Å². The van der Waals surface area contributed by atoms with Crippen LogP contribution in [0.4, 0.5) is 0 Å². The molecule has 0 radical (unpaired) electrons. The molecule has 0 aliphatic heterocycles. The van der Waals surface area contributed by atoms with Crippen LogP contribution in [0.3, 0.4) is 0 Å². The van der Waals surface area contributed by atoms with Gasteiger partial charge in [-0.1, -0.05) is 47.5 Å². The fourth-order valence-corrected chi connectivity index (χ4v) is 5.94. The van der Waals surface area contributed by atoms with Crippen molar-refractivity contribution in [3.05, 3.63) is 82.9 Å². The van der Waals surface area contributed by atoms with Crippen LogP contribution in [0.1, 0.15) is 51.1 Å². The summed E-state index contributed by atoms with van der Waals surface area (Å²) in [6.45, 7) is 3.91. The van der Waals surface area contributed by atoms with Crippen LogP contribution < -0.4 is 0 Å². The second-order valence-corrected chi connectivity index (χ2v) is 9.29. The van der Waals surface area contributed by atoms with Crippen molar-refractivity contribution >= 4 is 11.9 Å². The van der Waals surface area contributed by atoms with Gasteiger partial charge >= 0.3 is 11.9 Å². The molecule has 6 atom stereocenters. The summed E-state index contributed by atoms with van der Waals surface area (Å²) in [6, 6.07) is 14.9. The van der Waals surface area contributed by atoms with E-state index in [-0.39, 0.29) is 29.9 Å². The molecular formula is C27H28O4. The Morgan fingerprint density at radius 1 is 0.806 bits per heavy atom. The maximum Gasteiger partial charge on any atom is 0.338 e. The normalized spacial score (nSPS) is 30.6. The van der Waals surface area contributed by atoms with Gasteiger partial charge in [0.05, 0.1) is 11.1 Å². The lowest BCUT2D eigenvalue weighted by Gasteiger charge is -2.40. The number of hydrogen-bond acceptors (Lipinski definition) is 4. The van der Waals surface area contributed by atoms with Crippen molar-refractivity contribution in [3.63, 3.8) is 0 Å². The molecular weight excluding hydrogens is 388 g/mol.